The van der Waals surface area contributed by atoms with Crippen LogP contribution in [0, 0.1) is 0 Å². The van der Waals surface area contributed by atoms with Crippen molar-refractivity contribution in [3.8, 4) is 0 Å². The van der Waals surface area contributed by atoms with Gasteiger partial charge in [0.1, 0.15) is 0 Å². The van der Waals surface area contributed by atoms with E-state index < -0.39 is 0 Å². The second kappa shape index (κ2) is 3.89. The number of hydrogen-bond donors (Lipinski definition) is 1. The molecule has 1 N–H and O–H groups in total. The summed E-state index contributed by atoms with van der Waals surface area (Å²) in [6, 6.07) is 10.0. The van der Waals surface area contributed by atoms with Crippen LogP contribution in [0.3, 0.4) is 0 Å². The molecule has 1 heterocycles. The van der Waals surface area contributed by atoms with Crippen molar-refractivity contribution in [1.82, 2.24) is 5.32 Å². The lowest BCUT2D eigenvalue weighted by Gasteiger charge is -2.32. The summed E-state index contributed by atoms with van der Waals surface area (Å²) in [5.74, 6) is 0.110. The number of amides is 1. The second-order valence-electron chi connectivity index (χ2n) is 3.88. The Balaban J connectivity index is 2.45. The van der Waals surface area contributed by atoms with Gasteiger partial charge in [-0.25, -0.2) is 0 Å². The van der Waals surface area contributed by atoms with E-state index in [9.17, 15) is 4.79 Å². The van der Waals surface area contributed by atoms with Gasteiger partial charge in [0.15, 0.2) is 0 Å². The number of nitrogens with one attached hydrogen (secondary N) is 1. The average Bonchev–Trinajstić information content (AvgIpc) is 2.31. The lowest BCUT2D eigenvalue weighted by Crippen LogP contribution is -2.44. The van der Waals surface area contributed by atoms with E-state index in [1.54, 1.807) is 6.20 Å². The van der Waals surface area contributed by atoms with Crippen molar-refractivity contribution in [1.29, 1.82) is 0 Å². The maximum absolute atomic E-state index is 12.0. The molecule has 1 unspecified atom stereocenters. The topological polar surface area (TPSA) is 29.1 Å². The Morgan fingerprint density at radius 2 is 2.07 bits per heavy atom. The molecule has 2 rings (SSSR count). The zero-order valence-electron chi connectivity index (χ0n) is 8.86. The summed E-state index contributed by atoms with van der Waals surface area (Å²) in [7, 11) is 0. The summed E-state index contributed by atoms with van der Waals surface area (Å²) in [4.78, 5) is 12.0. The highest BCUT2D eigenvalue weighted by molar-refractivity contribution is 5.90. The molecule has 0 fully saturated rings. The van der Waals surface area contributed by atoms with Gasteiger partial charge in [0.2, 0.25) is 5.91 Å². The van der Waals surface area contributed by atoms with Crippen LogP contribution in [0.15, 0.2) is 42.6 Å². The van der Waals surface area contributed by atoms with Crippen LogP contribution in [-0.2, 0) is 10.2 Å². The van der Waals surface area contributed by atoms with E-state index in [0.717, 1.165) is 18.4 Å². The fourth-order valence-electron chi connectivity index (χ4n) is 2.14. The summed E-state index contributed by atoms with van der Waals surface area (Å²) < 4.78 is 0. The molecule has 15 heavy (non-hydrogen) atoms. The first-order valence-electron chi connectivity index (χ1n) is 5.31. The molecule has 0 aliphatic carbocycles. The molecule has 1 aliphatic rings. The Hall–Kier alpha value is -1.57. The van der Waals surface area contributed by atoms with Gasteiger partial charge < -0.3 is 5.32 Å². The van der Waals surface area contributed by atoms with Crippen molar-refractivity contribution in [3.63, 3.8) is 0 Å². The Morgan fingerprint density at radius 1 is 1.33 bits per heavy atom. The molecule has 1 aromatic carbocycles. The van der Waals surface area contributed by atoms with Crippen LogP contribution in [-0.4, -0.2) is 5.91 Å². The molecule has 1 amide bonds. The standard InChI is InChI=1S/C13H15NO/c1-2-13(9-6-10-14-12(13)15)11-7-4-3-5-8-11/h3-8,10H,2,9H2,1H3,(H,14,15). The maximum atomic E-state index is 12.0. The number of rotatable bonds is 2. The Labute approximate surface area is 90.0 Å². The SMILES string of the molecule is CCC1(c2ccccc2)CC=CNC1=O. The molecule has 1 aliphatic heterocycles. The van der Waals surface area contributed by atoms with Crippen molar-refractivity contribution in [2.45, 2.75) is 25.2 Å². The molecule has 0 aromatic heterocycles. The van der Waals surface area contributed by atoms with E-state index in [1.165, 1.54) is 0 Å². The Bertz CT molecular complexity index is 383. The first-order valence-corrected chi connectivity index (χ1v) is 5.31. The predicted octanol–water partition coefficient (Wildman–Crippen LogP) is 2.37. The molecule has 1 atom stereocenters. The van der Waals surface area contributed by atoms with Gasteiger partial charge in [0, 0.05) is 0 Å². The largest absolute Gasteiger partial charge is 0.332 e. The minimum absolute atomic E-state index is 0.110. The zero-order chi connectivity index (χ0) is 10.7. The minimum Gasteiger partial charge on any atom is -0.332 e. The van der Waals surface area contributed by atoms with Crippen LogP contribution >= 0.6 is 0 Å². The first-order chi connectivity index (χ1) is 7.29. The van der Waals surface area contributed by atoms with E-state index in [4.69, 9.17) is 0 Å². The van der Waals surface area contributed by atoms with E-state index in [0.29, 0.717) is 0 Å². The van der Waals surface area contributed by atoms with Gasteiger partial charge in [-0.15, -0.1) is 0 Å². The van der Waals surface area contributed by atoms with Crippen molar-refractivity contribution < 1.29 is 4.79 Å². The zero-order valence-corrected chi connectivity index (χ0v) is 8.86. The third kappa shape index (κ3) is 1.56. The molecule has 2 nitrogen and oxygen atoms in total. The van der Waals surface area contributed by atoms with E-state index in [1.807, 2.05) is 36.4 Å². The van der Waals surface area contributed by atoms with E-state index >= 15 is 0 Å². The monoisotopic (exact) mass is 201 g/mol. The molecular formula is C13H15NO. The van der Waals surface area contributed by atoms with Gasteiger partial charge >= 0.3 is 0 Å². The summed E-state index contributed by atoms with van der Waals surface area (Å²) in [6.45, 7) is 2.06. The number of carbonyl (C=O) groups excluding carboxylic acids is 1. The summed E-state index contributed by atoms with van der Waals surface area (Å²) >= 11 is 0. The van der Waals surface area contributed by atoms with Crippen molar-refractivity contribution in [2.75, 3.05) is 0 Å². The van der Waals surface area contributed by atoms with Crippen LogP contribution in [0.4, 0.5) is 0 Å². The number of allylic oxidation sites excluding steroid dienone is 1. The van der Waals surface area contributed by atoms with E-state index in [2.05, 4.69) is 12.2 Å². The fourth-order valence-corrected chi connectivity index (χ4v) is 2.14. The average molecular weight is 201 g/mol. The Kier molecular flexibility index (Phi) is 2.58. The number of hydrogen-bond acceptors (Lipinski definition) is 1. The molecule has 78 valence electrons. The fraction of sp³-hybridized carbons (Fsp3) is 0.308. The molecule has 0 saturated heterocycles. The Morgan fingerprint density at radius 3 is 2.67 bits per heavy atom. The smallest absolute Gasteiger partial charge is 0.234 e. The van der Waals surface area contributed by atoms with Crippen LogP contribution in [0.5, 0.6) is 0 Å². The summed E-state index contributed by atoms with van der Waals surface area (Å²) in [5, 5.41) is 2.80. The molecule has 0 saturated carbocycles. The number of carbonyl (C=O) groups is 1. The predicted molar refractivity (Wildman–Crippen MR) is 60.3 cm³/mol. The maximum Gasteiger partial charge on any atom is 0.234 e. The van der Waals surface area contributed by atoms with Gasteiger partial charge in [0.25, 0.3) is 0 Å². The van der Waals surface area contributed by atoms with Gasteiger partial charge in [-0.3, -0.25) is 4.79 Å². The number of benzene rings is 1. The van der Waals surface area contributed by atoms with Crippen molar-refractivity contribution >= 4 is 5.91 Å². The lowest BCUT2D eigenvalue weighted by molar-refractivity contribution is -0.126. The molecule has 1 aromatic rings. The van der Waals surface area contributed by atoms with Crippen LogP contribution in [0.2, 0.25) is 0 Å². The molecule has 2 heteroatoms. The third-order valence-electron chi connectivity index (χ3n) is 3.16. The van der Waals surface area contributed by atoms with Gasteiger partial charge in [-0.05, 0) is 24.6 Å². The van der Waals surface area contributed by atoms with Crippen LogP contribution < -0.4 is 5.32 Å². The highest BCUT2D eigenvalue weighted by Gasteiger charge is 2.38. The van der Waals surface area contributed by atoms with Gasteiger partial charge in [-0.2, -0.15) is 0 Å². The summed E-state index contributed by atoms with van der Waals surface area (Å²) in [5.41, 5.74) is 0.741. The molecule has 0 bridgehead atoms. The van der Waals surface area contributed by atoms with Crippen LogP contribution in [0.25, 0.3) is 0 Å². The lowest BCUT2D eigenvalue weighted by atomic mass is 9.73. The third-order valence-corrected chi connectivity index (χ3v) is 3.16. The van der Waals surface area contributed by atoms with Gasteiger partial charge in [-0.1, -0.05) is 43.3 Å². The van der Waals surface area contributed by atoms with Crippen molar-refractivity contribution in [2.24, 2.45) is 0 Å². The first kappa shape index (κ1) is 9.97. The minimum atomic E-state index is -0.365. The highest BCUT2D eigenvalue weighted by atomic mass is 16.2. The van der Waals surface area contributed by atoms with E-state index in [-0.39, 0.29) is 11.3 Å². The quantitative estimate of drug-likeness (QED) is 0.782. The van der Waals surface area contributed by atoms with Crippen molar-refractivity contribution in [3.05, 3.63) is 48.2 Å². The normalized spacial score (nSPS) is 25.0. The van der Waals surface area contributed by atoms with Crippen LogP contribution in [0.1, 0.15) is 25.3 Å². The molecular weight excluding hydrogens is 186 g/mol. The second-order valence-corrected chi connectivity index (χ2v) is 3.88. The highest BCUT2D eigenvalue weighted by Crippen LogP contribution is 2.33. The molecule has 0 spiro atoms. The molecule has 0 radical (unpaired) electrons. The van der Waals surface area contributed by atoms with Gasteiger partial charge in [0.05, 0.1) is 5.41 Å². The summed E-state index contributed by atoms with van der Waals surface area (Å²) in [6.07, 6.45) is 5.38.